The molecule has 110 valence electrons. The standard InChI is InChI=1S/C9H11N2O7PS/c12-3-4-6-7(18-19(15,20)17-6)8(16-4)11-2-1-5(13)10-9(11)14/h1-2,4,6-8,12H,3H2,(H,15,20)(H,10,13,14)/t4-,6-,7-,8-,19?/m1/s1. The molecule has 2 aliphatic rings. The summed E-state index contributed by atoms with van der Waals surface area (Å²) >= 11 is 4.76. The lowest BCUT2D eigenvalue weighted by Gasteiger charge is -2.19. The van der Waals surface area contributed by atoms with E-state index in [9.17, 15) is 19.6 Å². The molecular weight excluding hydrogens is 311 g/mol. The molecule has 11 heteroatoms. The van der Waals surface area contributed by atoms with Crippen molar-refractivity contribution in [2.24, 2.45) is 0 Å². The fourth-order valence-corrected chi connectivity index (χ4v) is 4.02. The Bertz CT molecular complexity index is 687. The molecule has 0 aliphatic carbocycles. The number of aromatic nitrogens is 2. The molecular formula is C9H11N2O7PS. The Labute approximate surface area is 117 Å². The van der Waals surface area contributed by atoms with Crippen molar-refractivity contribution in [3.05, 3.63) is 33.1 Å². The molecule has 1 aromatic heterocycles. The first kappa shape index (κ1) is 14.1. The van der Waals surface area contributed by atoms with Gasteiger partial charge in [-0.1, -0.05) is 0 Å². The van der Waals surface area contributed by atoms with Crippen molar-refractivity contribution in [1.82, 2.24) is 9.55 Å². The van der Waals surface area contributed by atoms with Crippen LogP contribution in [0.25, 0.3) is 0 Å². The van der Waals surface area contributed by atoms with Gasteiger partial charge in [-0.05, 0) is 11.8 Å². The van der Waals surface area contributed by atoms with Crippen LogP contribution < -0.4 is 11.2 Å². The maximum Gasteiger partial charge on any atom is 0.330 e. The van der Waals surface area contributed by atoms with E-state index in [1.54, 1.807) is 0 Å². The van der Waals surface area contributed by atoms with Gasteiger partial charge in [-0.2, -0.15) is 0 Å². The average molecular weight is 322 g/mol. The maximum atomic E-state index is 11.8. The minimum Gasteiger partial charge on any atom is -0.394 e. The SMILES string of the molecule is O=c1ccn([C@@H]2O[C@H](CO)[C@H]3OP(O)(=S)O[C@H]32)c(=O)[nH]1. The second-order valence-electron chi connectivity index (χ2n) is 4.37. The van der Waals surface area contributed by atoms with Crippen LogP contribution in [0.2, 0.25) is 0 Å². The van der Waals surface area contributed by atoms with E-state index in [1.165, 1.54) is 6.20 Å². The number of hydrogen-bond acceptors (Lipinski definition) is 7. The van der Waals surface area contributed by atoms with E-state index in [0.717, 1.165) is 10.6 Å². The molecule has 0 amide bonds. The summed E-state index contributed by atoms with van der Waals surface area (Å²) in [4.78, 5) is 34.6. The third kappa shape index (κ3) is 2.29. The number of fused-ring (bicyclic) bond motifs is 1. The normalized spacial score (nSPS) is 39.9. The predicted octanol–water partition coefficient (Wildman–Crippen LogP) is -1.57. The molecule has 1 unspecified atom stereocenters. The Balaban J connectivity index is 2.00. The number of H-pyrrole nitrogens is 1. The van der Waals surface area contributed by atoms with Gasteiger partial charge in [0.15, 0.2) is 6.23 Å². The van der Waals surface area contributed by atoms with Crippen LogP contribution in [0.15, 0.2) is 21.9 Å². The monoisotopic (exact) mass is 322 g/mol. The van der Waals surface area contributed by atoms with Gasteiger partial charge in [0.05, 0.1) is 6.61 Å². The Kier molecular flexibility index (Phi) is 3.41. The van der Waals surface area contributed by atoms with E-state index in [1.807, 2.05) is 0 Å². The molecule has 0 aromatic carbocycles. The summed E-state index contributed by atoms with van der Waals surface area (Å²) in [5.74, 6) is 0. The topological polar surface area (TPSA) is 123 Å². The van der Waals surface area contributed by atoms with Crippen LogP contribution in [0.1, 0.15) is 6.23 Å². The van der Waals surface area contributed by atoms with Crippen LogP contribution in [-0.4, -0.2) is 44.5 Å². The molecule has 0 spiro atoms. The van der Waals surface area contributed by atoms with Crippen LogP contribution in [0, 0.1) is 0 Å². The molecule has 5 atom stereocenters. The number of nitrogens with zero attached hydrogens (tertiary/aromatic N) is 1. The second-order valence-corrected chi connectivity index (χ2v) is 7.12. The number of ether oxygens (including phenoxy) is 1. The smallest absolute Gasteiger partial charge is 0.330 e. The zero-order valence-electron chi connectivity index (χ0n) is 9.91. The molecule has 9 nitrogen and oxygen atoms in total. The lowest BCUT2D eigenvalue weighted by molar-refractivity contribution is -0.0595. The van der Waals surface area contributed by atoms with Crippen LogP contribution >= 0.6 is 6.72 Å². The van der Waals surface area contributed by atoms with Gasteiger partial charge < -0.3 is 14.7 Å². The fraction of sp³-hybridized carbons (Fsp3) is 0.556. The number of rotatable bonds is 2. The Morgan fingerprint density at radius 2 is 2.10 bits per heavy atom. The van der Waals surface area contributed by atoms with Crippen LogP contribution in [0.5, 0.6) is 0 Å². The summed E-state index contributed by atoms with van der Waals surface area (Å²) in [5.41, 5.74) is -1.24. The minimum atomic E-state index is -3.40. The van der Waals surface area contributed by atoms with Crippen molar-refractivity contribution in [2.45, 2.75) is 24.5 Å². The highest BCUT2D eigenvalue weighted by Crippen LogP contribution is 2.58. The molecule has 2 fully saturated rings. The lowest BCUT2D eigenvalue weighted by Crippen LogP contribution is -2.36. The van der Waals surface area contributed by atoms with Gasteiger partial charge in [-0.25, -0.2) is 4.79 Å². The highest BCUT2D eigenvalue weighted by atomic mass is 32.5. The van der Waals surface area contributed by atoms with E-state index >= 15 is 0 Å². The summed E-state index contributed by atoms with van der Waals surface area (Å²) in [5, 5.41) is 9.25. The quantitative estimate of drug-likeness (QED) is 0.558. The highest BCUT2D eigenvalue weighted by Gasteiger charge is 2.55. The molecule has 2 saturated heterocycles. The number of aliphatic hydroxyl groups is 1. The van der Waals surface area contributed by atoms with Gasteiger partial charge in [0.1, 0.15) is 18.3 Å². The summed E-state index contributed by atoms with van der Waals surface area (Å²) in [6.07, 6.45) is -2.07. The molecule has 0 radical (unpaired) electrons. The summed E-state index contributed by atoms with van der Waals surface area (Å²) in [7, 11) is 0. The van der Waals surface area contributed by atoms with Crippen molar-refractivity contribution < 1.29 is 23.8 Å². The Morgan fingerprint density at radius 1 is 1.40 bits per heavy atom. The first-order valence-corrected chi connectivity index (χ1v) is 8.28. The van der Waals surface area contributed by atoms with Crippen LogP contribution in [0.4, 0.5) is 0 Å². The van der Waals surface area contributed by atoms with Gasteiger partial charge in [-0.15, -0.1) is 0 Å². The largest absolute Gasteiger partial charge is 0.394 e. The van der Waals surface area contributed by atoms with Crippen molar-refractivity contribution in [2.75, 3.05) is 6.61 Å². The average Bonchev–Trinajstić information content (AvgIpc) is 2.83. The minimum absolute atomic E-state index is 0.380. The molecule has 0 saturated carbocycles. The van der Waals surface area contributed by atoms with E-state index in [0.29, 0.717) is 0 Å². The van der Waals surface area contributed by atoms with Crippen molar-refractivity contribution in [3.8, 4) is 0 Å². The third-order valence-corrected chi connectivity index (χ3v) is 4.64. The number of nitrogens with one attached hydrogen (secondary N) is 1. The summed E-state index contributed by atoms with van der Waals surface area (Å²) in [6, 6.07) is 1.15. The van der Waals surface area contributed by atoms with Crippen molar-refractivity contribution in [1.29, 1.82) is 0 Å². The first-order chi connectivity index (χ1) is 9.41. The van der Waals surface area contributed by atoms with Gasteiger partial charge in [0.25, 0.3) is 5.56 Å². The van der Waals surface area contributed by atoms with Gasteiger partial charge >= 0.3 is 12.4 Å². The van der Waals surface area contributed by atoms with Crippen molar-refractivity contribution in [3.63, 3.8) is 0 Å². The van der Waals surface area contributed by atoms with Gasteiger partial charge in [0.2, 0.25) is 0 Å². The van der Waals surface area contributed by atoms with Crippen LogP contribution in [-0.2, 0) is 25.6 Å². The summed E-state index contributed by atoms with van der Waals surface area (Å²) < 4.78 is 17.0. The lowest BCUT2D eigenvalue weighted by atomic mass is 10.1. The molecule has 3 heterocycles. The van der Waals surface area contributed by atoms with Crippen LogP contribution in [0.3, 0.4) is 0 Å². The number of aliphatic hydroxyl groups excluding tert-OH is 1. The number of hydrogen-bond donors (Lipinski definition) is 3. The summed E-state index contributed by atoms with van der Waals surface area (Å²) in [6.45, 7) is -3.78. The van der Waals surface area contributed by atoms with E-state index in [2.05, 4.69) is 4.98 Å². The molecule has 20 heavy (non-hydrogen) atoms. The maximum absolute atomic E-state index is 11.8. The Morgan fingerprint density at radius 3 is 2.75 bits per heavy atom. The molecule has 3 N–H and O–H groups in total. The fourth-order valence-electron chi connectivity index (χ4n) is 2.28. The zero-order valence-corrected chi connectivity index (χ0v) is 11.6. The van der Waals surface area contributed by atoms with Crippen molar-refractivity contribution >= 4 is 18.5 Å². The predicted molar refractivity (Wildman–Crippen MR) is 68.6 cm³/mol. The molecule has 3 rings (SSSR count). The zero-order chi connectivity index (χ0) is 14.5. The molecule has 1 aromatic rings. The third-order valence-electron chi connectivity index (χ3n) is 3.10. The first-order valence-electron chi connectivity index (χ1n) is 5.69. The second kappa shape index (κ2) is 4.85. The van der Waals surface area contributed by atoms with E-state index < -0.39 is 42.5 Å². The molecule has 2 aliphatic heterocycles. The van der Waals surface area contributed by atoms with E-state index in [-0.39, 0.29) is 6.61 Å². The van der Waals surface area contributed by atoms with E-state index in [4.69, 9.17) is 25.6 Å². The van der Waals surface area contributed by atoms with Gasteiger partial charge in [-0.3, -0.25) is 23.4 Å². The van der Waals surface area contributed by atoms with Gasteiger partial charge in [0, 0.05) is 12.3 Å². The number of aromatic amines is 1. The Hall–Kier alpha value is -0.870. The molecule has 0 bridgehead atoms. The highest BCUT2D eigenvalue weighted by molar-refractivity contribution is 8.07.